The molecular weight excluding hydrogens is 242 g/mol. The molecule has 3 nitrogen and oxygen atoms in total. The van der Waals surface area contributed by atoms with Gasteiger partial charge in [-0.25, -0.2) is 4.98 Å². The van der Waals surface area contributed by atoms with Gasteiger partial charge in [-0.3, -0.25) is 4.98 Å². The minimum atomic E-state index is 0.660. The molecule has 0 spiro atoms. The lowest BCUT2D eigenvalue weighted by molar-refractivity contribution is 0.956. The molecule has 2 rings (SSSR count). The Morgan fingerprint density at radius 1 is 1.28 bits per heavy atom. The molecule has 0 aromatic carbocycles. The normalized spacial score (nSPS) is 10.6. The lowest BCUT2D eigenvalue weighted by Gasteiger charge is -2.09. The fraction of sp³-hybridized carbons (Fsp3) is 0.357. The number of hydrogen-bond acceptors (Lipinski definition) is 3. The molecule has 18 heavy (non-hydrogen) atoms. The van der Waals surface area contributed by atoms with Crippen molar-refractivity contribution in [1.29, 1.82) is 0 Å². The van der Waals surface area contributed by atoms with Gasteiger partial charge in [0.1, 0.15) is 10.3 Å². The summed E-state index contributed by atoms with van der Waals surface area (Å²) in [5.74, 6) is 0.778. The van der Waals surface area contributed by atoms with Crippen LogP contribution in [0.1, 0.15) is 30.7 Å². The van der Waals surface area contributed by atoms with Crippen molar-refractivity contribution < 1.29 is 0 Å². The lowest BCUT2D eigenvalue weighted by atomic mass is 10.1. The van der Waals surface area contributed by atoms with Crippen molar-refractivity contribution in [2.24, 2.45) is 0 Å². The van der Waals surface area contributed by atoms with E-state index < -0.39 is 0 Å². The number of aromatic nitrogens is 3. The highest BCUT2D eigenvalue weighted by Gasteiger charge is 2.09. The molecule has 0 bridgehead atoms. The molecule has 0 aliphatic heterocycles. The number of nitrogens with one attached hydrogen (secondary N) is 1. The van der Waals surface area contributed by atoms with Crippen molar-refractivity contribution in [3.8, 4) is 11.5 Å². The average molecular weight is 259 g/mol. The van der Waals surface area contributed by atoms with E-state index in [0.29, 0.717) is 4.64 Å². The molecule has 0 unspecified atom stereocenters. The summed E-state index contributed by atoms with van der Waals surface area (Å²) >= 11 is 5.32. The second kappa shape index (κ2) is 5.40. The maximum Gasteiger partial charge on any atom is 0.158 e. The Kier molecular flexibility index (Phi) is 3.87. The van der Waals surface area contributed by atoms with Crippen LogP contribution in [0.4, 0.5) is 0 Å². The fourth-order valence-corrected chi connectivity index (χ4v) is 2.20. The predicted molar refractivity (Wildman–Crippen MR) is 76.1 cm³/mol. The van der Waals surface area contributed by atoms with Gasteiger partial charge in [0.2, 0.25) is 0 Å². The Morgan fingerprint density at radius 2 is 2.06 bits per heavy atom. The SMILES string of the molecule is CCc1cccnc1-c1nc(=S)c(C)c(CC)[nH]1. The highest BCUT2D eigenvalue weighted by molar-refractivity contribution is 7.71. The van der Waals surface area contributed by atoms with Gasteiger partial charge in [-0.2, -0.15) is 0 Å². The Bertz CT molecular complexity index is 617. The smallest absolute Gasteiger partial charge is 0.158 e. The molecule has 2 aromatic rings. The van der Waals surface area contributed by atoms with Gasteiger partial charge >= 0.3 is 0 Å². The van der Waals surface area contributed by atoms with Gasteiger partial charge in [-0.1, -0.05) is 32.1 Å². The van der Waals surface area contributed by atoms with Crippen molar-refractivity contribution in [1.82, 2.24) is 15.0 Å². The number of aromatic amines is 1. The molecule has 0 radical (unpaired) electrons. The Balaban J connectivity index is 2.64. The summed E-state index contributed by atoms with van der Waals surface area (Å²) < 4.78 is 0.660. The van der Waals surface area contributed by atoms with Gasteiger partial charge in [0.25, 0.3) is 0 Å². The van der Waals surface area contributed by atoms with E-state index in [9.17, 15) is 0 Å². The van der Waals surface area contributed by atoms with E-state index in [1.54, 1.807) is 6.20 Å². The molecule has 2 aromatic heterocycles. The topological polar surface area (TPSA) is 41.6 Å². The summed E-state index contributed by atoms with van der Waals surface area (Å²) in [6.45, 7) is 6.23. The number of pyridine rings is 1. The zero-order valence-electron chi connectivity index (χ0n) is 10.9. The number of aryl methyl sites for hydroxylation is 2. The molecule has 0 saturated heterocycles. The summed E-state index contributed by atoms with van der Waals surface area (Å²) in [5, 5.41) is 0. The van der Waals surface area contributed by atoms with E-state index in [-0.39, 0.29) is 0 Å². The van der Waals surface area contributed by atoms with Gasteiger partial charge in [-0.05, 0) is 31.4 Å². The second-order valence-electron chi connectivity index (χ2n) is 4.21. The third kappa shape index (κ3) is 2.34. The van der Waals surface area contributed by atoms with Gasteiger partial charge in [0, 0.05) is 17.5 Å². The Morgan fingerprint density at radius 3 is 2.72 bits per heavy atom. The van der Waals surface area contributed by atoms with Crippen molar-refractivity contribution in [3.63, 3.8) is 0 Å². The number of rotatable bonds is 3. The van der Waals surface area contributed by atoms with Crippen LogP contribution in [-0.2, 0) is 12.8 Å². The fourth-order valence-electron chi connectivity index (χ4n) is 1.98. The molecule has 0 atom stereocenters. The summed E-state index contributed by atoms with van der Waals surface area (Å²) in [4.78, 5) is 12.2. The van der Waals surface area contributed by atoms with Gasteiger partial charge in [0.15, 0.2) is 5.82 Å². The molecule has 0 aliphatic carbocycles. The van der Waals surface area contributed by atoms with Gasteiger partial charge in [0.05, 0.1) is 0 Å². The molecule has 4 heteroatoms. The van der Waals surface area contributed by atoms with Crippen LogP contribution in [0.2, 0.25) is 0 Å². The molecule has 1 N–H and O–H groups in total. The third-order valence-corrected chi connectivity index (χ3v) is 3.50. The minimum Gasteiger partial charge on any atom is -0.342 e. The molecule has 2 heterocycles. The number of nitrogens with zero attached hydrogens (tertiary/aromatic N) is 2. The van der Waals surface area contributed by atoms with Crippen LogP contribution in [0.3, 0.4) is 0 Å². The molecule has 0 amide bonds. The maximum absolute atomic E-state index is 5.32. The zero-order valence-corrected chi connectivity index (χ0v) is 11.8. The third-order valence-electron chi connectivity index (χ3n) is 3.11. The van der Waals surface area contributed by atoms with E-state index in [1.165, 1.54) is 5.56 Å². The van der Waals surface area contributed by atoms with Crippen LogP contribution in [0, 0.1) is 11.6 Å². The summed E-state index contributed by atoms with van der Waals surface area (Å²) in [5.41, 5.74) is 4.28. The van der Waals surface area contributed by atoms with Gasteiger partial charge < -0.3 is 4.98 Å². The molecule has 0 fully saturated rings. The molecule has 0 aliphatic rings. The first-order chi connectivity index (χ1) is 8.67. The van der Waals surface area contributed by atoms with E-state index in [1.807, 2.05) is 13.0 Å². The molecular formula is C14H17N3S. The highest BCUT2D eigenvalue weighted by atomic mass is 32.1. The van der Waals surface area contributed by atoms with Crippen LogP contribution in [0.15, 0.2) is 18.3 Å². The van der Waals surface area contributed by atoms with E-state index in [2.05, 4.69) is 34.9 Å². The largest absolute Gasteiger partial charge is 0.342 e. The lowest BCUT2D eigenvalue weighted by Crippen LogP contribution is -2.02. The first-order valence-corrected chi connectivity index (χ1v) is 6.62. The first kappa shape index (κ1) is 12.9. The predicted octanol–water partition coefficient (Wildman–Crippen LogP) is 3.63. The number of hydrogen-bond donors (Lipinski definition) is 1. The summed E-state index contributed by atoms with van der Waals surface area (Å²) in [7, 11) is 0. The van der Waals surface area contributed by atoms with Crippen molar-refractivity contribution >= 4 is 12.2 Å². The Hall–Kier alpha value is -1.55. The zero-order chi connectivity index (χ0) is 13.1. The Labute approximate surface area is 112 Å². The van der Waals surface area contributed by atoms with Crippen molar-refractivity contribution in [2.45, 2.75) is 33.6 Å². The monoisotopic (exact) mass is 259 g/mol. The van der Waals surface area contributed by atoms with Crippen LogP contribution in [0.5, 0.6) is 0 Å². The van der Waals surface area contributed by atoms with E-state index >= 15 is 0 Å². The van der Waals surface area contributed by atoms with E-state index in [0.717, 1.165) is 35.6 Å². The maximum atomic E-state index is 5.32. The van der Waals surface area contributed by atoms with Crippen LogP contribution < -0.4 is 0 Å². The van der Waals surface area contributed by atoms with Crippen molar-refractivity contribution in [2.75, 3.05) is 0 Å². The summed E-state index contributed by atoms with van der Waals surface area (Å²) in [6, 6.07) is 4.03. The highest BCUT2D eigenvalue weighted by Crippen LogP contribution is 2.19. The first-order valence-electron chi connectivity index (χ1n) is 6.21. The van der Waals surface area contributed by atoms with Crippen LogP contribution in [0.25, 0.3) is 11.5 Å². The number of H-pyrrole nitrogens is 1. The average Bonchev–Trinajstić information content (AvgIpc) is 2.41. The van der Waals surface area contributed by atoms with Gasteiger partial charge in [-0.15, -0.1) is 0 Å². The summed E-state index contributed by atoms with van der Waals surface area (Å²) in [6.07, 6.45) is 3.64. The van der Waals surface area contributed by atoms with Crippen molar-refractivity contribution in [3.05, 3.63) is 39.8 Å². The van der Waals surface area contributed by atoms with Crippen LogP contribution >= 0.6 is 12.2 Å². The molecule has 0 saturated carbocycles. The quantitative estimate of drug-likeness (QED) is 0.856. The van der Waals surface area contributed by atoms with Crippen LogP contribution in [-0.4, -0.2) is 15.0 Å². The minimum absolute atomic E-state index is 0.660. The second-order valence-corrected chi connectivity index (χ2v) is 4.60. The van der Waals surface area contributed by atoms with E-state index in [4.69, 9.17) is 12.2 Å². The standard InChI is InChI=1S/C14H17N3S/c1-4-10-7-6-8-15-12(10)13-16-11(5-2)9(3)14(18)17-13/h6-8H,4-5H2,1-3H3,(H,16,17,18). The molecule has 94 valence electrons.